The first-order valence-corrected chi connectivity index (χ1v) is 42.8. The summed E-state index contributed by atoms with van der Waals surface area (Å²) in [4.78, 5) is 233. The predicted octanol–water partition coefficient (Wildman–Crippen LogP) is 5.45. The number of fused-ring (bicyclic) bond motifs is 5. The summed E-state index contributed by atoms with van der Waals surface area (Å²) >= 11 is 0. The number of ether oxygens (including phenoxy) is 2. The number of Topliss-reactive ketones (excluding diaryl/α,β-unsaturated/α-hetero) is 1. The molecule has 676 valence electrons. The van der Waals surface area contributed by atoms with Crippen molar-refractivity contribution in [2.24, 2.45) is 75.9 Å². The summed E-state index contributed by atoms with van der Waals surface area (Å²) in [6.45, 7) is 30.4. The van der Waals surface area contributed by atoms with Crippen LogP contribution in [0.15, 0.2) is 36.0 Å². The van der Waals surface area contributed by atoms with Crippen molar-refractivity contribution in [1.29, 1.82) is 0 Å². The molecule has 1 aliphatic heterocycles. The van der Waals surface area contributed by atoms with E-state index in [1.165, 1.54) is 103 Å². The highest BCUT2D eigenvalue weighted by atomic mass is 19.1. The van der Waals surface area contributed by atoms with Crippen molar-refractivity contribution in [3.05, 3.63) is 36.0 Å². The highest BCUT2D eigenvalue weighted by Gasteiger charge is 2.77. The number of hydrogen-bond donors (Lipinski definition) is 7. The standard InChI is InChI=1S/C88H142FN11O20/c1-28-30-31-52(15)69(73(120-68(106)45-119-44-67(104)105)74(107)88(118)53(16)40-59-58-33-32-56-41-57(101)34-35-85(56,19)87(58,89)65(102)42-86(59,88)20)72-78(111)92-60(29-2)80(113)94(21)43-66(103)95(22)61(36-46(3)4)77(110)93-70(50(11)12)83(116)96(23)62(37-47(5)6)76(109)90-54(17)75(108)91-55(18)79(112)97(24)63(38-48(7)8)81(114)98(25)64(39-49(9)10)82(115)99(26)71(51(13)14)84(117)100(72)27/h28,30,34-35,41,46-55,58-65,69-73,102,118H,29,31-33,36-40,42-45H2,1-27H3,(H,90,109)(H,91,108)(H,92,111)(H,93,110)(H,104,105)/t52-,53-,54?,55?,58?,59?,60?,61?,62?,63?,64?,65+,69?,70?,71?,72?,73?,85+,86+,87+,88+/m1/s1. The highest BCUT2D eigenvalue weighted by molar-refractivity contribution is 6.03. The number of aliphatic hydroxyl groups is 2. The number of hydrogen-bond acceptors (Lipinski definition) is 19. The number of halogens is 1. The van der Waals surface area contributed by atoms with Gasteiger partial charge in [-0.05, 0) is 157 Å². The third-order valence-corrected chi connectivity index (χ3v) is 26.1. The molecule has 0 spiro atoms. The number of alkyl halides is 1. The Balaban J connectivity index is 1.86. The zero-order chi connectivity index (χ0) is 91.5. The number of rotatable bonds is 23. The Bertz CT molecular complexity index is 3860. The number of esters is 1. The molecule has 1 heterocycles. The van der Waals surface area contributed by atoms with Crippen LogP contribution in [-0.4, -0.2) is 291 Å². The molecule has 0 bridgehead atoms. The van der Waals surface area contributed by atoms with Crippen molar-refractivity contribution < 1.29 is 101 Å². The van der Waals surface area contributed by atoms with E-state index in [4.69, 9.17) is 9.47 Å². The first-order chi connectivity index (χ1) is 55.5. The average molecular weight is 1690 g/mol. The number of carbonyl (C=O) groups excluding carboxylic acids is 14. The van der Waals surface area contributed by atoms with Gasteiger partial charge in [-0.25, -0.2) is 14.0 Å². The third-order valence-electron chi connectivity index (χ3n) is 26.1. The van der Waals surface area contributed by atoms with E-state index in [1.807, 2.05) is 27.7 Å². The van der Waals surface area contributed by atoms with Gasteiger partial charge < -0.3 is 80.4 Å². The van der Waals surface area contributed by atoms with Gasteiger partial charge in [0.05, 0.1) is 12.6 Å². The van der Waals surface area contributed by atoms with Crippen LogP contribution in [0.3, 0.4) is 0 Å². The largest absolute Gasteiger partial charge is 0.480 e. The number of ketones is 2. The minimum atomic E-state index is -2.73. The molecular weight excluding hydrogens is 1550 g/mol. The highest BCUT2D eigenvalue weighted by Crippen LogP contribution is 2.71. The number of nitrogens with one attached hydrogen (secondary N) is 4. The van der Waals surface area contributed by atoms with Gasteiger partial charge in [0, 0.05) is 72.0 Å². The summed E-state index contributed by atoms with van der Waals surface area (Å²) < 4.78 is 30.5. The summed E-state index contributed by atoms with van der Waals surface area (Å²) in [5.74, 6) is -22.3. The number of likely N-dealkylation sites (N-methyl/N-ethyl adjacent to an activating group) is 7. The summed E-state index contributed by atoms with van der Waals surface area (Å²) in [6.07, 6.45) is 2.51. The van der Waals surface area contributed by atoms with Crippen LogP contribution in [-0.2, 0) is 81.4 Å². The zero-order valence-corrected chi connectivity index (χ0v) is 76.1. The second-order valence-corrected chi connectivity index (χ2v) is 37.5. The Hall–Kier alpha value is -8.52. The minimum Gasteiger partial charge on any atom is -0.480 e. The lowest BCUT2D eigenvalue weighted by Crippen LogP contribution is -2.71. The molecule has 0 radical (unpaired) electrons. The molecule has 3 saturated carbocycles. The number of amides is 11. The third kappa shape index (κ3) is 22.1. The van der Waals surface area contributed by atoms with E-state index >= 15 is 33.2 Å². The van der Waals surface area contributed by atoms with Gasteiger partial charge in [0.15, 0.2) is 17.6 Å². The summed E-state index contributed by atoms with van der Waals surface area (Å²) in [5.41, 5.74) is -8.06. The molecule has 14 unspecified atom stereocenters. The lowest BCUT2D eigenvalue weighted by molar-refractivity contribution is -0.223. The maximum atomic E-state index is 18.9. The van der Waals surface area contributed by atoms with Crippen LogP contribution in [0.1, 0.15) is 203 Å². The SMILES string of the molecule is CC=CC[C@@H](C)C(C(OC(=O)COCC(=O)O)C(=O)[C@@]1(O)[C@H](C)CC2C3CCC4=CC(=O)C=C[C@]4(C)[C@@]3(F)[C@@H](O)C[C@@]21C)C1C(=O)NC(CC)C(=O)N(C)CC(=O)N(C)C(CC(C)C)C(=O)NC(C(C)C)C(=O)N(C)C(CC(C)C)C(=O)NC(C)C(=O)NC(C)C(=O)N(C)C(CC(C)C)C(=O)N(C)C(CC(C)C)C(=O)N(C)C(C(C)C)C(=O)N1C. The van der Waals surface area contributed by atoms with E-state index in [0.717, 1.165) is 19.6 Å². The van der Waals surface area contributed by atoms with Crippen molar-refractivity contribution >= 4 is 88.5 Å². The second-order valence-electron chi connectivity index (χ2n) is 37.5. The smallest absolute Gasteiger partial charge is 0.332 e. The van der Waals surface area contributed by atoms with Gasteiger partial charge in [0.2, 0.25) is 70.8 Å². The predicted molar refractivity (Wildman–Crippen MR) is 447 cm³/mol. The molecule has 5 aliphatic rings. The van der Waals surface area contributed by atoms with Crippen LogP contribution in [0.2, 0.25) is 0 Å². The van der Waals surface area contributed by atoms with E-state index in [2.05, 4.69) is 21.3 Å². The van der Waals surface area contributed by atoms with Crippen LogP contribution in [0.5, 0.6) is 0 Å². The van der Waals surface area contributed by atoms with Gasteiger partial charge in [-0.3, -0.25) is 62.3 Å². The molecule has 0 aromatic rings. The number of carboxylic acids is 1. The first kappa shape index (κ1) is 102. The van der Waals surface area contributed by atoms with Crippen LogP contribution in [0, 0.1) is 75.9 Å². The fourth-order valence-corrected chi connectivity index (χ4v) is 19.2. The number of aliphatic hydroxyl groups excluding tert-OH is 1. The molecular formula is C88H142FN11O20. The molecule has 120 heavy (non-hydrogen) atoms. The van der Waals surface area contributed by atoms with Gasteiger partial charge in [0.25, 0.3) is 0 Å². The fraction of sp³-hybridized carbons (Fsp3) is 0.761. The molecule has 4 aliphatic carbocycles. The number of aliphatic carboxylic acids is 1. The molecule has 5 rings (SSSR count). The van der Waals surface area contributed by atoms with Crippen LogP contribution < -0.4 is 21.3 Å². The Labute approximate surface area is 709 Å². The quantitative estimate of drug-likeness (QED) is 0.0493. The van der Waals surface area contributed by atoms with Crippen LogP contribution >= 0.6 is 0 Å². The fourth-order valence-electron chi connectivity index (χ4n) is 19.2. The Kier molecular flexibility index (Phi) is 35.7. The minimum absolute atomic E-state index is 0.0272. The van der Waals surface area contributed by atoms with Crippen molar-refractivity contribution in [2.75, 3.05) is 69.1 Å². The molecule has 7 N–H and O–H groups in total. The van der Waals surface area contributed by atoms with E-state index in [1.54, 1.807) is 102 Å². The van der Waals surface area contributed by atoms with Crippen molar-refractivity contribution in [3.63, 3.8) is 0 Å². The average Bonchev–Trinajstić information content (AvgIpc) is 1.42. The summed E-state index contributed by atoms with van der Waals surface area (Å²) in [6, 6.07) is -14.5. The Morgan fingerprint density at radius 3 is 1.62 bits per heavy atom. The van der Waals surface area contributed by atoms with Crippen molar-refractivity contribution in [2.45, 2.75) is 287 Å². The normalized spacial score (nSPS) is 32.3. The lowest BCUT2D eigenvalue weighted by Gasteiger charge is -2.62. The maximum absolute atomic E-state index is 18.9. The maximum Gasteiger partial charge on any atom is 0.332 e. The van der Waals surface area contributed by atoms with Crippen LogP contribution in [0.4, 0.5) is 4.39 Å². The molecule has 1 saturated heterocycles. The van der Waals surface area contributed by atoms with Crippen molar-refractivity contribution in [1.82, 2.24) is 55.6 Å². The molecule has 31 nitrogen and oxygen atoms in total. The monoisotopic (exact) mass is 1690 g/mol. The van der Waals surface area contributed by atoms with Crippen molar-refractivity contribution in [3.8, 4) is 0 Å². The van der Waals surface area contributed by atoms with Gasteiger partial charge in [-0.1, -0.05) is 135 Å². The van der Waals surface area contributed by atoms with Gasteiger partial charge in [-0.2, -0.15) is 0 Å². The topological polar surface area (TPSA) is 406 Å². The molecule has 0 aromatic heterocycles. The van der Waals surface area contributed by atoms with Gasteiger partial charge >= 0.3 is 11.9 Å². The number of nitrogens with zero attached hydrogens (tertiary/aromatic N) is 7. The molecule has 21 atom stereocenters. The van der Waals surface area contributed by atoms with E-state index in [-0.39, 0.29) is 87.2 Å². The van der Waals surface area contributed by atoms with E-state index in [0.29, 0.717) is 5.57 Å². The number of carbonyl (C=O) groups is 15. The van der Waals surface area contributed by atoms with Gasteiger partial charge in [-0.15, -0.1) is 0 Å². The summed E-state index contributed by atoms with van der Waals surface area (Å²) in [7, 11) is 9.30. The Morgan fingerprint density at radius 1 is 0.600 bits per heavy atom. The molecule has 11 amide bonds. The summed E-state index contributed by atoms with van der Waals surface area (Å²) in [5, 5.41) is 47.5. The molecule has 0 aromatic carbocycles. The second kappa shape index (κ2) is 42.0. The number of allylic oxidation sites excluding steroid dienone is 6. The van der Waals surface area contributed by atoms with E-state index in [9.17, 15) is 58.5 Å². The number of carboxylic acid groups (broad SMARTS) is 1. The first-order valence-electron chi connectivity index (χ1n) is 42.8. The van der Waals surface area contributed by atoms with E-state index < -0.39 is 245 Å². The molecule has 4 fully saturated rings. The van der Waals surface area contributed by atoms with Gasteiger partial charge in [0.1, 0.15) is 79.2 Å². The Morgan fingerprint density at radius 2 is 1.10 bits per heavy atom. The van der Waals surface area contributed by atoms with Crippen LogP contribution in [0.25, 0.3) is 0 Å². The zero-order valence-electron chi connectivity index (χ0n) is 76.1. The lowest BCUT2D eigenvalue weighted by atomic mass is 9.44. The molecule has 32 heteroatoms.